The summed E-state index contributed by atoms with van der Waals surface area (Å²) in [6, 6.07) is 4.88. The third-order valence-electron chi connectivity index (χ3n) is 5.55. The molecule has 0 saturated carbocycles. The second-order valence-corrected chi connectivity index (χ2v) is 7.67. The van der Waals surface area contributed by atoms with Crippen LogP contribution in [-0.2, 0) is 16.1 Å². The van der Waals surface area contributed by atoms with Crippen molar-refractivity contribution in [3.8, 4) is 0 Å². The maximum atomic E-state index is 12.3. The first-order valence-electron chi connectivity index (χ1n) is 8.80. The molecule has 0 aliphatic carbocycles. The van der Waals surface area contributed by atoms with E-state index in [1.165, 1.54) is 16.7 Å². The van der Waals surface area contributed by atoms with Crippen LogP contribution in [0.15, 0.2) is 29.2 Å². The fourth-order valence-electron chi connectivity index (χ4n) is 4.14. The SMILES string of the molecule is O=C1CC(C(=O)O)C2(CCN(Cc3cc(=O)n4cc(Cl)ccc4n3)CC2)N1. The Morgan fingerprint density at radius 1 is 1.33 bits per heavy atom. The molecule has 2 aromatic heterocycles. The van der Waals surface area contributed by atoms with E-state index < -0.39 is 17.4 Å². The number of piperidine rings is 1. The number of aromatic nitrogens is 2. The van der Waals surface area contributed by atoms with Gasteiger partial charge in [-0.15, -0.1) is 0 Å². The average molecular weight is 391 g/mol. The van der Waals surface area contributed by atoms with Crippen LogP contribution < -0.4 is 10.9 Å². The summed E-state index contributed by atoms with van der Waals surface area (Å²) in [5.74, 6) is -1.80. The summed E-state index contributed by atoms with van der Waals surface area (Å²) >= 11 is 5.92. The highest BCUT2D eigenvalue weighted by atomic mass is 35.5. The lowest BCUT2D eigenvalue weighted by atomic mass is 9.77. The number of rotatable bonds is 3. The van der Waals surface area contributed by atoms with Crippen LogP contribution in [0.5, 0.6) is 0 Å². The quantitative estimate of drug-likeness (QED) is 0.807. The van der Waals surface area contributed by atoms with E-state index in [-0.39, 0.29) is 17.9 Å². The molecule has 2 aliphatic heterocycles. The molecule has 0 bridgehead atoms. The molecule has 2 N–H and O–H groups in total. The first kappa shape index (κ1) is 17.9. The summed E-state index contributed by atoms with van der Waals surface area (Å²) in [4.78, 5) is 42.2. The molecule has 2 fully saturated rings. The van der Waals surface area contributed by atoms with Gasteiger partial charge >= 0.3 is 5.97 Å². The predicted molar refractivity (Wildman–Crippen MR) is 97.6 cm³/mol. The molecule has 8 nitrogen and oxygen atoms in total. The van der Waals surface area contributed by atoms with Gasteiger partial charge in [-0.05, 0) is 25.0 Å². The molecular weight excluding hydrogens is 372 g/mol. The zero-order valence-corrected chi connectivity index (χ0v) is 15.3. The molecule has 4 rings (SSSR count). The van der Waals surface area contributed by atoms with E-state index in [1.807, 2.05) is 0 Å². The van der Waals surface area contributed by atoms with E-state index in [2.05, 4.69) is 15.2 Å². The van der Waals surface area contributed by atoms with E-state index in [1.54, 1.807) is 12.1 Å². The second-order valence-electron chi connectivity index (χ2n) is 7.24. The van der Waals surface area contributed by atoms with E-state index in [4.69, 9.17) is 11.6 Å². The lowest BCUT2D eigenvalue weighted by Gasteiger charge is -2.41. The van der Waals surface area contributed by atoms with Crippen LogP contribution in [0.1, 0.15) is 25.0 Å². The number of carbonyl (C=O) groups excluding carboxylic acids is 1. The third-order valence-corrected chi connectivity index (χ3v) is 5.78. The Balaban J connectivity index is 1.49. The Kier molecular flexibility index (Phi) is 4.39. The maximum Gasteiger partial charge on any atom is 0.309 e. The topological polar surface area (TPSA) is 104 Å². The molecule has 1 amide bonds. The number of aliphatic carboxylic acids is 1. The molecule has 142 valence electrons. The van der Waals surface area contributed by atoms with Crippen molar-refractivity contribution in [2.75, 3.05) is 13.1 Å². The van der Waals surface area contributed by atoms with Gasteiger partial charge in [0.2, 0.25) is 5.91 Å². The number of halogens is 1. The number of carboxylic acids is 1. The Morgan fingerprint density at radius 2 is 2.07 bits per heavy atom. The van der Waals surface area contributed by atoms with E-state index in [0.29, 0.717) is 48.8 Å². The third kappa shape index (κ3) is 3.30. The standard InChI is InChI=1S/C18H19ClN4O4/c19-11-1-2-14-20-12(7-16(25)23(14)9-11)10-22-5-3-18(4-6-22)13(17(26)27)8-15(24)21-18/h1-2,7,9,13H,3-6,8,10H2,(H,21,24)(H,26,27). The van der Waals surface area contributed by atoms with Crippen molar-refractivity contribution in [3.63, 3.8) is 0 Å². The van der Waals surface area contributed by atoms with E-state index in [0.717, 1.165) is 0 Å². The lowest BCUT2D eigenvalue weighted by molar-refractivity contribution is -0.144. The monoisotopic (exact) mass is 390 g/mol. The summed E-state index contributed by atoms with van der Waals surface area (Å²) in [7, 11) is 0. The van der Waals surface area contributed by atoms with E-state index in [9.17, 15) is 19.5 Å². The van der Waals surface area contributed by atoms with Gasteiger partial charge in [-0.1, -0.05) is 11.6 Å². The van der Waals surface area contributed by atoms with E-state index >= 15 is 0 Å². The average Bonchev–Trinajstić information content (AvgIpc) is 2.94. The van der Waals surface area contributed by atoms with Crippen molar-refractivity contribution in [3.05, 3.63) is 45.5 Å². The molecule has 0 radical (unpaired) electrons. The first-order chi connectivity index (χ1) is 12.9. The molecule has 2 saturated heterocycles. The normalized spacial score (nSPS) is 22.3. The van der Waals surface area contributed by atoms with Gasteiger partial charge in [-0.25, -0.2) is 4.98 Å². The Labute approximate surface area is 159 Å². The van der Waals surface area contributed by atoms with Crippen LogP contribution in [0.25, 0.3) is 5.65 Å². The van der Waals surface area contributed by atoms with Crippen LogP contribution in [0.4, 0.5) is 0 Å². The fraction of sp³-hybridized carbons (Fsp3) is 0.444. The van der Waals surface area contributed by atoms with Crippen LogP contribution in [-0.4, -0.2) is 49.9 Å². The zero-order chi connectivity index (χ0) is 19.2. The van der Waals surface area contributed by atoms with Gasteiger partial charge in [0.25, 0.3) is 5.56 Å². The summed E-state index contributed by atoms with van der Waals surface area (Å²) in [5.41, 5.74) is 0.333. The van der Waals surface area contributed by atoms with Gasteiger partial charge in [-0.2, -0.15) is 0 Å². The molecule has 2 aromatic rings. The summed E-state index contributed by atoms with van der Waals surface area (Å²) < 4.78 is 1.41. The van der Waals surface area contributed by atoms with Crippen LogP contribution in [0.3, 0.4) is 0 Å². The Bertz CT molecular complexity index is 981. The van der Waals surface area contributed by atoms with Crippen LogP contribution >= 0.6 is 11.6 Å². The van der Waals surface area contributed by atoms with Gasteiger partial charge in [0.1, 0.15) is 5.65 Å². The van der Waals surface area contributed by atoms with Gasteiger partial charge in [0.05, 0.1) is 22.2 Å². The highest BCUT2D eigenvalue weighted by Gasteiger charge is 2.51. The number of fused-ring (bicyclic) bond motifs is 1. The molecule has 1 spiro atoms. The number of hydrogen-bond acceptors (Lipinski definition) is 5. The number of nitrogens with one attached hydrogen (secondary N) is 1. The molecular formula is C18H19ClN4O4. The highest BCUT2D eigenvalue weighted by Crippen LogP contribution is 2.37. The number of carbonyl (C=O) groups is 2. The molecule has 4 heterocycles. The van der Waals surface area contributed by atoms with Crippen molar-refractivity contribution in [2.45, 2.75) is 31.3 Å². The molecule has 1 atom stereocenters. The largest absolute Gasteiger partial charge is 0.481 e. The smallest absolute Gasteiger partial charge is 0.309 e. The first-order valence-corrected chi connectivity index (χ1v) is 9.18. The zero-order valence-electron chi connectivity index (χ0n) is 14.5. The van der Waals surface area contributed by atoms with Crippen molar-refractivity contribution in [1.29, 1.82) is 0 Å². The van der Waals surface area contributed by atoms with Crippen LogP contribution in [0, 0.1) is 5.92 Å². The number of likely N-dealkylation sites (tertiary alicyclic amines) is 1. The molecule has 27 heavy (non-hydrogen) atoms. The maximum absolute atomic E-state index is 12.3. The number of carboxylic acid groups (broad SMARTS) is 1. The summed E-state index contributed by atoms with van der Waals surface area (Å²) in [6.45, 7) is 1.76. The predicted octanol–water partition coefficient (Wildman–Crippen LogP) is 0.903. The lowest BCUT2D eigenvalue weighted by Crippen LogP contribution is -2.55. The van der Waals surface area contributed by atoms with Gasteiger partial charge < -0.3 is 10.4 Å². The van der Waals surface area contributed by atoms with Crippen molar-refractivity contribution < 1.29 is 14.7 Å². The Hall–Kier alpha value is -2.45. The van der Waals surface area contributed by atoms with Gasteiger partial charge in [-0.3, -0.25) is 23.7 Å². The summed E-state index contributed by atoms with van der Waals surface area (Å²) in [6.07, 6.45) is 2.71. The molecule has 1 unspecified atom stereocenters. The number of amides is 1. The minimum absolute atomic E-state index is 0.0425. The van der Waals surface area contributed by atoms with Crippen LogP contribution in [0.2, 0.25) is 5.02 Å². The molecule has 9 heteroatoms. The van der Waals surface area contributed by atoms with Gasteiger partial charge in [0.15, 0.2) is 0 Å². The number of nitrogens with zero attached hydrogens (tertiary/aromatic N) is 3. The Morgan fingerprint density at radius 3 is 2.78 bits per heavy atom. The number of pyridine rings is 1. The second kappa shape index (κ2) is 6.61. The molecule has 0 aromatic carbocycles. The minimum Gasteiger partial charge on any atom is -0.481 e. The van der Waals surface area contributed by atoms with Crippen molar-refractivity contribution in [2.24, 2.45) is 5.92 Å². The fourth-order valence-corrected chi connectivity index (χ4v) is 4.30. The number of hydrogen-bond donors (Lipinski definition) is 2. The van der Waals surface area contributed by atoms with Crippen molar-refractivity contribution in [1.82, 2.24) is 19.6 Å². The summed E-state index contributed by atoms with van der Waals surface area (Å²) in [5, 5.41) is 12.8. The highest BCUT2D eigenvalue weighted by molar-refractivity contribution is 6.30. The minimum atomic E-state index is -0.926. The van der Waals surface area contributed by atoms with Gasteiger partial charge in [0, 0.05) is 38.3 Å². The van der Waals surface area contributed by atoms with Crippen molar-refractivity contribution >= 4 is 29.1 Å². The molecule has 2 aliphatic rings.